The molecule has 110 valence electrons. The minimum atomic E-state index is -4.69. The summed E-state index contributed by atoms with van der Waals surface area (Å²) < 4.78 is 37.9. The zero-order chi connectivity index (χ0) is 15.5. The second-order valence-electron chi connectivity index (χ2n) is 4.32. The zero-order valence-electron chi connectivity index (χ0n) is 10.7. The molecule has 21 heavy (non-hydrogen) atoms. The van der Waals surface area contributed by atoms with Crippen LogP contribution in [0.3, 0.4) is 0 Å². The summed E-state index contributed by atoms with van der Waals surface area (Å²) in [5, 5.41) is 11.6. The summed E-state index contributed by atoms with van der Waals surface area (Å²) in [6.45, 7) is 0. The lowest BCUT2D eigenvalue weighted by atomic mass is 10.1. The number of pyridine rings is 1. The topological polar surface area (TPSA) is 62.2 Å². The first-order valence-corrected chi connectivity index (χ1v) is 5.95. The minimum absolute atomic E-state index is 0.00390. The van der Waals surface area contributed by atoms with Gasteiger partial charge in [-0.05, 0) is 29.8 Å². The number of anilines is 1. The van der Waals surface area contributed by atoms with Gasteiger partial charge in [-0.2, -0.15) is 13.2 Å². The van der Waals surface area contributed by atoms with Crippen LogP contribution < -0.4 is 5.32 Å². The Labute approximate surface area is 118 Å². The van der Waals surface area contributed by atoms with Gasteiger partial charge in [0.1, 0.15) is 5.75 Å². The van der Waals surface area contributed by atoms with E-state index in [1.165, 1.54) is 12.3 Å². The van der Waals surface area contributed by atoms with E-state index >= 15 is 0 Å². The highest BCUT2D eigenvalue weighted by atomic mass is 19.4. The van der Waals surface area contributed by atoms with Crippen molar-refractivity contribution in [2.45, 2.75) is 12.6 Å². The van der Waals surface area contributed by atoms with Crippen LogP contribution in [0.1, 0.15) is 11.1 Å². The van der Waals surface area contributed by atoms with Crippen LogP contribution in [0.4, 0.5) is 18.9 Å². The van der Waals surface area contributed by atoms with Gasteiger partial charge in [0.2, 0.25) is 5.91 Å². The maximum atomic E-state index is 12.6. The quantitative estimate of drug-likeness (QED) is 0.856. The van der Waals surface area contributed by atoms with E-state index in [2.05, 4.69) is 10.3 Å². The number of benzene rings is 1. The highest BCUT2D eigenvalue weighted by Gasteiger charge is 2.34. The number of nitrogens with one attached hydrogen (secondary N) is 1. The number of phenols is 1. The molecule has 0 bridgehead atoms. The molecule has 4 nitrogen and oxygen atoms in total. The average molecular weight is 296 g/mol. The second-order valence-corrected chi connectivity index (χ2v) is 4.32. The molecule has 2 N–H and O–H groups in total. The van der Waals surface area contributed by atoms with Crippen LogP contribution >= 0.6 is 0 Å². The van der Waals surface area contributed by atoms with Gasteiger partial charge in [0, 0.05) is 18.1 Å². The van der Waals surface area contributed by atoms with E-state index in [0.29, 0.717) is 11.6 Å². The van der Waals surface area contributed by atoms with E-state index in [4.69, 9.17) is 0 Å². The van der Waals surface area contributed by atoms with E-state index in [1.807, 2.05) is 0 Å². The number of aromatic nitrogens is 1. The molecule has 0 saturated heterocycles. The van der Waals surface area contributed by atoms with E-state index in [-0.39, 0.29) is 12.1 Å². The Balaban J connectivity index is 2.11. The number of alkyl halides is 3. The van der Waals surface area contributed by atoms with Gasteiger partial charge in [0.15, 0.2) is 0 Å². The van der Waals surface area contributed by atoms with Crippen molar-refractivity contribution in [1.82, 2.24) is 4.98 Å². The molecule has 2 aromatic rings. The van der Waals surface area contributed by atoms with E-state index in [0.717, 1.165) is 6.07 Å². The Morgan fingerprint density at radius 2 is 2.05 bits per heavy atom. The molecule has 0 atom stereocenters. The van der Waals surface area contributed by atoms with Crippen molar-refractivity contribution in [2.75, 3.05) is 5.32 Å². The average Bonchev–Trinajstić information content (AvgIpc) is 2.41. The first kappa shape index (κ1) is 14.8. The van der Waals surface area contributed by atoms with E-state index < -0.39 is 23.4 Å². The maximum absolute atomic E-state index is 12.6. The normalized spacial score (nSPS) is 11.2. The van der Waals surface area contributed by atoms with Gasteiger partial charge in [-0.15, -0.1) is 0 Å². The Bertz CT molecular complexity index is 642. The standard InChI is InChI=1S/C14H11F3N2O2/c15-14(16,17)11-7-10(3-4-12(11)20)19-13(21)6-9-2-1-5-18-8-9/h1-5,7-8,20H,6H2,(H,19,21). The lowest BCUT2D eigenvalue weighted by Gasteiger charge is -2.11. The van der Waals surface area contributed by atoms with Crippen molar-refractivity contribution in [3.63, 3.8) is 0 Å². The maximum Gasteiger partial charge on any atom is 0.420 e. The third-order valence-corrected chi connectivity index (χ3v) is 2.67. The second kappa shape index (κ2) is 5.82. The minimum Gasteiger partial charge on any atom is -0.507 e. The van der Waals surface area contributed by atoms with Crippen LogP contribution in [0, 0.1) is 0 Å². The number of amides is 1. The van der Waals surface area contributed by atoms with Crippen molar-refractivity contribution in [3.8, 4) is 5.75 Å². The van der Waals surface area contributed by atoms with Crippen LogP contribution in [0.2, 0.25) is 0 Å². The fraction of sp³-hybridized carbons (Fsp3) is 0.143. The van der Waals surface area contributed by atoms with Crippen molar-refractivity contribution < 1.29 is 23.1 Å². The molecule has 0 aliphatic heterocycles. The molecule has 0 unspecified atom stereocenters. The number of carbonyl (C=O) groups excluding carboxylic acids is 1. The lowest BCUT2D eigenvalue weighted by molar-refractivity contribution is -0.138. The third-order valence-electron chi connectivity index (χ3n) is 2.67. The summed E-state index contributed by atoms with van der Waals surface area (Å²) in [5.41, 5.74) is -0.583. The Kier molecular flexibility index (Phi) is 4.11. The van der Waals surface area contributed by atoms with Crippen LogP contribution in [-0.2, 0) is 17.4 Å². The molecule has 0 aliphatic carbocycles. The number of halogens is 3. The highest BCUT2D eigenvalue weighted by molar-refractivity contribution is 5.92. The summed E-state index contributed by atoms with van der Waals surface area (Å²) in [4.78, 5) is 15.6. The van der Waals surface area contributed by atoms with Gasteiger partial charge in [-0.1, -0.05) is 6.07 Å². The largest absolute Gasteiger partial charge is 0.507 e. The first-order chi connectivity index (χ1) is 9.86. The number of nitrogens with zero attached hydrogens (tertiary/aromatic N) is 1. The number of hydrogen-bond acceptors (Lipinski definition) is 3. The molecule has 2 rings (SSSR count). The SMILES string of the molecule is O=C(Cc1cccnc1)Nc1ccc(O)c(C(F)(F)F)c1. The molecule has 1 amide bonds. The predicted molar refractivity (Wildman–Crippen MR) is 69.7 cm³/mol. The van der Waals surface area contributed by atoms with Crippen LogP contribution in [0.5, 0.6) is 5.75 Å². The monoisotopic (exact) mass is 296 g/mol. The van der Waals surface area contributed by atoms with E-state index in [9.17, 15) is 23.1 Å². The number of hydrogen-bond donors (Lipinski definition) is 2. The van der Waals surface area contributed by atoms with Gasteiger partial charge in [-0.25, -0.2) is 0 Å². The van der Waals surface area contributed by atoms with Gasteiger partial charge in [0.05, 0.1) is 12.0 Å². The smallest absolute Gasteiger partial charge is 0.420 e. The number of rotatable bonds is 3. The number of aromatic hydroxyl groups is 1. The molecular formula is C14H11F3N2O2. The van der Waals surface area contributed by atoms with Gasteiger partial charge < -0.3 is 10.4 Å². The fourth-order valence-corrected chi connectivity index (χ4v) is 1.73. The molecule has 7 heteroatoms. The van der Waals surface area contributed by atoms with Gasteiger partial charge >= 0.3 is 6.18 Å². The highest BCUT2D eigenvalue weighted by Crippen LogP contribution is 2.37. The Hall–Kier alpha value is -2.57. The molecule has 0 saturated carbocycles. The third kappa shape index (κ3) is 3.95. The zero-order valence-corrected chi connectivity index (χ0v) is 10.7. The molecule has 1 aromatic heterocycles. The molecule has 0 radical (unpaired) electrons. The van der Waals surface area contributed by atoms with Crippen molar-refractivity contribution in [2.24, 2.45) is 0 Å². The number of carbonyl (C=O) groups is 1. The van der Waals surface area contributed by atoms with Gasteiger partial charge in [-0.3, -0.25) is 9.78 Å². The molecule has 0 fully saturated rings. The van der Waals surface area contributed by atoms with Crippen LogP contribution in [0.25, 0.3) is 0 Å². The van der Waals surface area contributed by atoms with E-state index in [1.54, 1.807) is 18.3 Å². The number of phenolic OH excluding ortho intramolecular Hbond substituents is 1. The summed E-state index contributed by atoms with van der Waals surface area (Å²) in [7, 11) is 0. The van der Waals surface area contributed by atoms with Crippen molar-refractivity contribution in [1.29, 1.82) is 0 Å². The van der Waals surface area contributed by atoms with Gasteiger partial charge in [0.25, 0.3) is 0 Å². The summed E-state index contributed by atoms with van der Waals surface area (Å²) in [5.74, 6) is -1.35. The Morgan fingerprint density at radius 3 is 2.67 bits per heavy atom. The molecule has 1 aromatic carbocycles. The summed E-state index contributed by atoms with van der Waals surface area (Å²) in [6.07, 6.45) is -1.64. The summed E-state index contributed by atoms with van der Waals surface area (Å²) >= 11 is 0. The molecule has 1 heterocycles. The molecule has 0 spiro atoms. The molecule has 0 aliphatic rings. The van der Waals surface area contributed by atoms with Crippen LogP contribution in [0.15, 0.2) is 42.7 Å². The lowest BCUT2D eigenvalue weighted by Crippen LogP contribution is -2.15. The molecular weight excluding hydrogens is 285 g/mol. The van der Waals surface area contributed by atoms with Crippen molar-refractivity contribution in [3.05, 3.63) is 53.9 Å². The Morgan fingerprint density at radius 1 is 1.29 bits per heavy atom. The summed E-state index contributed by atoms with van der Waals surface area (Å²) in [6, 6.07) is 6.13. The van der Waals surface area contributed by atoms with Crippen LogP contribution in [-0.4, -0.2) is 16.0 Å². The fourth-order valence-electron chi connectivity index (χ4n) is 1.73. The van der Waals surface area contributed by atoms with Crippen molar-refractivity contribution >= 4 is 11.6 Å². The predicted octanol–water partition coefficient (Wildman–Crippen LogP) is 2.99. The first-order valence-electron chi connectivity index (χ1n) is 5.95.